The van der Waals surface area contributed by atoms with Crippen molar-refractivity contribution < 1.29 is 14.1 Å². The third-order valence-corrected chi connectivity index (χ3v) is 4.50. The number of para-hydroxylation sites is 1. The minimum atomic E-state index is -0.711. The molecule has 1 aromatic carbocycles. The predicted molar refractivity (Wildman–Crippen MR) is 86.0 cm³/mol. The van der Waals surface area contributed by atoms with E-state index in [-0.39, 0.29) is 0 Å². The lowest BCUT2D eigenvalue weighted by Gasteiger charge is -2.32. The first-order valence-corrected chi connectivity index (χ1v) is 7.26. The van der Waals surface area contributed by atoms with Gasteiger partial charge in [0, 0.05) is 5.39 Å². The fourth-order valence-corrected chi connectivity index (χ4v) is 2.46. The number of nitrogens with zero attached hydrogens (tertiary/aromatic N) is 1. The van der Waals surface area contributed by atoms with E-state index in [4.69, 9.17) is 15.0 Å². The Balaban J connectivity index is 2.14. The van der Waals surface area contributed by atoms with Crippen LogP contribution in [0.1, 0.15) is 38.1 Å². The molecule has 0 saturated carbocycles. The van der Waals surface area contributed by atoms with Crippen molar-refractivity contribution in [1.29, 1.82) is 0 Å². The Morgan fingerprint density at radius 1 is 1.14 bits per heavy atom. The van der Waals surface area contributed by atoms with Gasteiger partial charge in [-0.25, -0.2) is 0 Å². The molecule has 2 aromatic rings. The van der Waals surface area contributed by atoms with Gasteiger partial charge in [-0.3, -0.25) is 9.78 Å². The second-order valence-electron chi connectivity index (χ2n) is 6.57. The Labute approximate surface area is 130 Å². The lowest BCUT2D eigenvalue weighted by Crippen LogP contribution is -2.41. The van der Waals surface area contributed by atoms with Crippen LogP contribution in [-0.2, 0) is 9.31 Å². The Bertz CT molecular complexity index is 742. The molecular weight excluding hydrogens is 279 g/mol. The summed E-state index contributed by atoms with van der Waals surface area (Å²) in [5, 5.41) is 0.858. The Hall–Kier alpha value is -1.92. The molecule has 1 saturated heterocycles. The molecule has 6 heteroatoms. The van der Waals surface area contributed by atoms with Crippen LogP contribution in [0.15, 0.2) is 30.3 Å². The Morgan fingerprint density at radius 2 is 1.73 bits per heavy atom. The fraction of sp³-hybridized carbons (Fsp3) is 0.375. The second-order valence-corrected chi connectivity index (χ2v) is 6.57. The summed E-state index contributed by atoms with van der Waals surface area (Å²) in [6.45, 7) is 7.83. The van der Waals surface area contributed by atoms with E-state index in [2.05, 4.69) is 4.98 Å². The first-order chi connectivity index (χ1) is 10.2. The highest BCUT2D eigenvalue weighted by Gasteiger charge is 2.53. The maximum atomic E-state index is 11.8. The van der Waals surface area contributed by atoms with Gasteiger partial charge in [0.25, 0.3) is 0 Å². The molecule has 0 spiro atoms. The molecule has 0 aliphatic carbocycles. The van der Waals surface area contributed by atoms with Crippen LogP contribution >= 0.6 is 0 Å². The summed E-state index contributed by atoms with van der Waals surface area (Å²) in [4.78, 5) is 16.4. The molecule has 5 nitrogen and oxygen atoms in total. The van der Waals surface area contributed by atoms with Gasteiger partial charge < -0.3 is 15.0 Å². The summed E-state index contributed by atoms with van der Waals surface area (Å²) in [5.41, 5.74) is 6.06. The van der Waals surface area contributed by atoms with E-state index < -0.39 is 24.2 Å². The molecule has 0 bridgehead atoms. The maximum Gasteiger partial charge on any atom is 0.515 e. The molecule has 0 atom stereocenters. The first kappa shape index (κ1) is 15.0. The largest absolute Gasteiger partial charge is 0.515 e. The molecule has 1 aliphatic heterocycles. The fourth-order valence-electron chi connectivity index (χ4n) is 2.46. The molecule has 0 radical (unpaired) electrons. The third-order valence-electron chi connectivity index (χ3n) is 4.50. The monoisotopic (exact) mass is 298 g/mol. The van der Waals surface area contributed by atoms with Crippen LogP contribution in [0, 0.1) is 0 Å². The molecule has 0 unspecified atom stereocenters. The molecule has 114 valence electrons. The van der Waals surface area contributed by atoms with E-state index in [1.165, 1.54) is 0 Å². The van der Waals surface area contributed by atoms with Gasteiger partial charge in [-0.05, 0) is 39.8 Å². The van der Waals surface area contributed by atoms with Gasteiger partial charge in [-0.1, -0.05) is 18.2 Å². The summed E-state index contributed by atoms with van der Waals surface area (Å²) < 4.78 is 12.0. The van der Waals surface area contributed by atoms with Gasteiger partial charge in [0.2, 0.25) is 5.91 Å². The molecule has 3 rings (SSSR count). The Kier molecular flexibility index (Phi) is 3.27. The number of pyridine rings is 1. The van der Waals surface area contributed by atoms with E-state index in [1.807, 2.05) is 52.0 Å². The van der Waals surface area contributed by atoms with Crippen LogP contribution in [0.2, 0.25) is 0 Å². The van der Waals surface area contributed by atoms with E-state index in [9.17, 15) is 4.79 Å². The van der Waals surface area contributed by atoms with E-state index in [1.54, 1.807) is 6.07 Å². The first-order valence-electron chi connectivity index (χ1n) is 7.26. The van der Waals surface area contributed by atoms with Crippen LogP contribution in [0.3, 0.4) is 0 Å². The van der Waals surface area contributed by atoms with Crippen molar-refractivity contribution in [2.75, 3.05) is 0 Å². The maximum absolute atomic E-state index is 11.8. The highest BCUT2D eigenvalue weighted by Crippen LogP contribution is 2.36. The topological polar surface area (TPSA) is 74.4 Å². The van der Waals surface area contributed by atoms with Crippen molar-refractivity contribution >= 4 is 29.5 Å². The van der Waals surface area contributed by atoms with E-state index in [0.29, 0.717) is 11.2 Å². The number of hydrogen-bond donors (Lipinski definition) is 1. The van der Waals surface area contributed by atoms with Crippen molar-refractivity contribution in [3.63, 3.8) is 0 Å². The number of amides is 1. The number of primary amides is 1. The van der Waals surface area contributed by atoms with E-state index >= 15 is 0 Å². The number of aromatic nitrogens is 1. The highest BCUT2D eigenvalue weighted by atomic mass is 16.7. The molecule has 1 aliphatic rings. The van der Waals surface area contributed by atoms with Crippen LogP contribution < -0.4 is 11.3 Å². The number of carbonyl (C=O) groups is 1. The smallest absolute Gasteiger partial charge is 0.398 e. The zero-order valence-electron chi connectivity index (χ0n) is 13.2. The molecule has 1 fully saturated rings. The van der Waals surface area contributed by atoms with Gasteiger partial charge >= 0.3 is 7.12 Å². The molecule has 2 heterocycles. The normalized spacial score (nSPS) is 19.5. The van der Waals surface area contributed by atoms with Gasteiger partial charge in [-0.15, -0.1) is 0 Å². The van der Waals surface area contributed by atoms with Gasteiger partial charge in [0.15, 0.2) is 0 Å². The van der Waals surface area contributed by atoms with E-state index in [0.717, 1.165) is 10.9 Å². The number of carbonyl (C=O) groups excluding carboxylic acids is 1. The highest BCUT2D eigenvalue weighted by molar-refractivity contribution is 6.63. The molecule has 2 N–H and O–H groups in total. The van der Waals surface area contributed by atoms with Gasteiger partial charge in [0.05, 0.1) is 27.9 Å². The minimum absolute atomic E-state index is 0.331. The number of nitrogens with two attached hydrogens (primary N) is 1. The van der Waals surface area contributed by atoms with Crippen LogP contribution in [0.4, 0.5) is 0 Å². The predicted octanol–water partition coefficient (Wildman–Crippen LogP) is 1.63. The summed E-state index contributed by atoms with van der Waals surface area (Å²) in [6.07, 6.45) is 0. The zero-order valence-corrected chi connectivity index (χ0v) is 13.2. The standard InChI is InChI=1S/C16H19BN2O3/c1-15(2)16(3,4)22-17(21-15)13-11(14(18)20)9-10-7-5-6-8-12(10)19-13/h5-9H,1-4H3,(H2,18,20). The summed E-state index contributed by atoms with van der Waals surface area (Å²) in [5.74, 6) is -0.539. The van der Waals surface area contributed by atoms with Crippen LogP contribution in [-0.4, -0.2) is 29.2 Å². The SMILES string of the molecule is CC1(C)OB(c2nc3ccccc3cc2C(N)=O)OC1(C)C. The second kappa shape index (κ2) is 4.79. The van der Waals surface area contributed by atoms with Gasteiger partial charge in [0.1, 0.15) is 0 Å². The van der Waals surface area contributed by atoms with Crippen molar-refractivity contribution in [2.24, 2.45) is 5.73 Å². The molecular formula is C16H19BN2O3. The molecule has 22 heavy (non-hydrogen) atoms. The van der Waals surface area contributed by atoms with Crippen molar-refractivity contribution in [1.82, 2.24) is 4.98 Å². The third kappa shape index (κ3) is 2.28. The summed E-state index contributed by atoms with van der Waals surface area (Å²) >= 11 is 0. The lowest BCUT2D eigenvalue weighted by molar-refractivity contribution is 0.00578. The summed E-state index contributed by atoms with van der Waals surface area (Å²) in [7, 11) is -0.711. The molecule has 1 amide bonds. The molecule has 1 aromatic heterocycles. The average Bonchev–Trinajstić information content (AvgIpc) is 2.66. The summed E-state index contributed by atoms with van der Waals surface area (Å²) in [6, 6.07) is 9.30. The van der Waals surface area contributed by atoms with Crippen molar-refractivity contribution in [3.8, 4) is 0 Å². The lowest BCUT2D eigenvalue weighted by atomic mass is 9.80. The van der Waals surface area contributed by atoms with Crippen LogP contribution in [0.5, 0.6) is 0 Å². The van der Waals surface area contributed by atoms with Crippen molar-refractivity contribution in [3.05, 3.63) is 35.9 Å². The number of hydrogen-bond acceptors (Lipinski definition) is 4. The van der Waals surface area contributed by atoms with Crippen molar-refractivity contribution in [2.45, 2.75) is 38.9 Å². The number of rotatable bonds is 2. The average molecular weight is 298 g/mol. The van der Waals surface area contributed by atoms with Gasteiger partial charge in [-0.2, -0.15) is 0 Å². The number of benzene rings is 1. The zero-order chi connectivity index (χ0) is 16.1. The Morgan fingerprint density at radius 3 is 2.32 bits per heavy atom. The van der Waals surface area contributed by atoms with Crippen LogP contribution in [0.25, 0.3) is 10.9 Å². The number of fused-ring (bicyclic) bond motifs is 1. The quantitative estimate of drug-likeness (QED) is 0.855. The minimum Gasteiger partial charge on any atom is -0.398 e.